The lowest BCUT2D eigenvalue weighted by Gasteiger charge is -2.06. The van der Waals surface area contributed by atoms with Gasteiger partial charge in [0.15, 0.2) is 0 Å². The summed E-state index contributed by atoms with van der Waals surface area (Å²) in [5, 5.41) is 5.94. The molecular weight excluding hydrogens is 281 g/mol. The van der Waals surface area contributed by atoms with Crippen molar-refractivity contribution in [2.75, 3.05) is 0 Å². The second kappa shape index (κ2) is 4.53. The van der Waals surface area contributed by atoms with E-state index in [9.17, 15) is 9.18 Å². The van der Waals surface area contributed by atoms with Gasteiger partial charge in [0.25, 0.3) is 5.56 Å². The largest absolute Gasteiger partial charge is 0.321 e. The first-order valence-electron chi connectivity index (χ1n) is 6.91. The fourth-order valence-corrected chi connectivity index (χ4v) is 2.80. The minimum atomic E-state index is -0.306. The predicted molar refractivity (Wildman–Crippen MR) is 83.9 cm³/mol. The minimum absolute atomic E-state index is 0.167. The number of rotatable bonds is 1. The Hall–Kier alpha value is -2.95. The maximum absolute atomic E-state index is 13.2. The number of aryl methyl sites for hydroxylation is 1. The molecule has 0 radical (unpaired) electrons. The van der Waals surface area contributed by atoms with Gasteiger partial charge in [-0.15, -0.1) is 0 Å². The van der Waals surface area contributed by atoms with Gasteiger partial charge >= 0.3 is 0 Å². The summed E-state index contributed by atoms with van der Waals surface area (Å²) in [4.78, 5) is 15.2. The highest BCUT2D eigenvalue weighted by Crippen LogP contribution is 2.25. The Balaban J connectivity index is 2.20. The summed E-state index contributed by atoms with van der Waals surface area (Å²) in [6, 6.07) is 13.6. The molecular formula is C17H12FN3O. The lowest BCUT2D eigenvalue weighted by Crippen LogP contribution is -2.07. The molecule has 0 saturated carbocycles. The lowest BCUT2D eigenvalue weighted by atomic mass is 10.1. The first-order valence-corrected chi connectivity index (χ1v) is 6.91. The summed E-state index contributed by atoms with van der Waals surface area (Å²) in [6.45, 7) is 1.80. The van der Waals surface area contributed by atoms with Crippen molar-refractivity contribution in [2.24, 2.45) is 0 Å². The standard InChI is InChI=1S/C17H12FN3O/c1-10-15-16(13-4-2-3-5-14(13)19-17(15)22)21(20-10)12-8-6-11(18)7-9-12/h2-9H,1H3,(H,19,22). The molecule has 0 unspecified atom stereocenters. The van der Waals surface area contributed by atoms with Crippen molar-refractivity contribution in [3.8, 4) is 5.69 Å². The molecule has 2 aromatic carbocycles. The van der Waals surface area contributed by atoms with Crippen LogP contribution in [0.25, 0.3) is 27.5 Å². The number of fused-ring (bicyclic) bond motifs is 3. The number of halogens is 1. The van der Waals surface area contributed by atoms with Crippen molar-refractivity contribution in [1.82, 2.24) is 14.8 Å². The van der Waals surface area contributed by atoms with Crippen LogP contribution in [-0.4, -0.2) is 14.8 Å². The Labute approximate surface area is 124 Å². The summed E-state index contributed by atoms with van der Waals surface area (Å²) < 4.78 is 14.9. The van der Waals surface area contributed by atoms with Crippen molar-refractivity contribution in [2.45, 2.75) is 6.92 Å². The van der Waals surface area contributed by atoms with Crippen LogP contribution in [0.5, 0.6) is 0 Å². The van der Waals surface area contributed by atoms with Gasteiger partial charge in [-0.05, 0) is 37.3 Å². The molecule has 4 nitrogen and oxygen atoms in total. The number of pyridine rings is 1. The second-order valence-corrected chi connectivity index (χ2v) is 5.20. The Morgan fingerprint density at radius 2 is 1.82 bits per heavy atom. The molecule has 108 valence electrons. The predicted octanol–water partition coefficient (Wildman–Crippen LogP) is 3.31. The molecule has 0 spiro atoms. The third-order valence-corrected chi connectivity index (χ3v) is 3.79. The number of aromatic amines is 1. The molecule has 2 aromatic heterocycles. The van der Waals surface area contributed by atoms with E-state index in [4.69, 9.17) is 0 Å². The Morgan fingerprint density at radius 1 is 1.09 bits per heavy atom. The third-order valence-electron chi connectivity index (χ3n) is 3.79. The maximum Gasteiger partial charge on any atom is 0.259 e. The number of H-pyrrole nitrogens is 1. The smallest absolute Gasteiger partial charge is 0.259 e. The zero-order valence-electron chi connectivity index (χ0n) is 11.8. The highest BCUT2D eigenvalue weighted by atomic mass is 19.1. The van der Waals surface area contributed by atoms with Crippen LogP contribution < -0.4 is 5.56 Å². The summed E-state index contributed by atoms with van der Waals surface area (Å²) in [7, 11) is 0. The third kappa shape index (κ3) is 1.75. The van der Waals surface area contributed by atoms with Crippen molar-refractivity contribution in [3.05, 3.63) is 70.4 Å². The van der Waals surface area contributed by atoms with E-state index in [1.807, 2.05) is 24.3 Å². The topological polar surface area (TPSA) is 50.7 Å². The molecule has 4 rings (SSSR count). The zero-order chi connectivity index (χ0) is 15.3. The Kier molecular flexibility index (Phi) is 2.63. The van der Waals surface area contributed by atoms with Gasteiger partial charge in [0, 0.05) is 5.39 Å². The molecule has 0 bridgehead atoms. The van der Waals surface area contributed by atoms with E-state index >= 15 is 0 Å². The van der Waals surface area contributed by atoms with Gasteiger partial charge < -0.3 is 4.98 Å². The molecule has 0 aliphatic heterocycles. The van der Waals surface area contributed by atoms with Crippen LogP contribution in [0, 0.1) is 12.7 Å². The Bertz CT molecular complexity index is 1060. The molecule has 4 aromatic rings. The summed E-state index contributed by atoms with van der Waals surface area (Å²) in [5.41, 5.74) is 2.69. The van der Waals surface area contributed by atoms with Gasteiger partial charge in [0.2, 0.25) is 0 Å². The molecule has 0 aliphatic rings. The van der Waals surface area contributed by atoms with Crippen LogP contribution in [0.3, 0.4) is 0 Å². The van der Waals surface area contributed by atoms with E-state index in [1.165, 1.54) is 12.1 Å². The first-order chi connectivity index (χ1) is 10.6. The van der Waals surface area contributed by atoms with Gasteiger partial charge in [-0.3, -0.25) is 4.79 Å². The van der Waals surface area contributed by atoms with Crippen LogP contribution in [0.4, 0.5) is 4.39 Å². The van der Waals surface area contributed by atoms with Crippen LogP contribution in [0.2, 0.25) is 0 Å². The fraction of sp³-hybridized carbons (Fsp3) is 0.0588. The highest BCUT2D eigenvalue weighted by Gasteiger charge is 2.15. The zero-order valence-corrected chi connectivity index (χ0v) is 11.8. The quantitative estimate of drug-likeness (QED) is 0.585. The average molecular weight is 293 g/mol. The fourth-order valence-electron chi connectivity index (χ4n) is 2.80. The molecule has 0 amide bonds. The normalized spacial score (nSPS) is 11.4. The number of nitrogens with one attached hydrogen (secondary N) is 1. The number of benzene rings is 2. The Morgan fingerprint density at radius 3 is 2.59 bits per heavy atom. The summed E-state index contributed by atoms with van der Waals surface area (Å²) in [6.07, 6.45) is 0. The van der Waals surface area contributed by atoms with Crippen molar-refractivity contribution in [3.63, 3.8) is 0 Å². The van der Waals surface area contributed by atoms with Crippen LogP contribution in [0.15, 0.2) is 53.3 Å². The average Bonchev–Trinajstić information content (AvgIpc) is 2.87. The van der Waals surface area contributed by atoms with Gasteiger partial charge in [-0.2, -0.15) is 5.10 Å². The van der Waals surface area contributed by atoms with Gasteiger partial charge in [0.05, 0.1) is 27.8 Å². The van der Waals surface area contributed by atoms with Gasteiger partial charge in [0.1, 0.15) is 5.82 Å². The summed E-state index contributed by atoms with van der Waals surface area (Å²) >= 11 is 0. The highest BCUT2D eigenvalue weighted by molar-refractivity contribution is 6.04. The number of para-hydroxylation sites is 1. The second-order valence-electron chi connectivity index (χ2n) is 5.20. The lowest BCUT2D eigenvalue weighted by molar-refractivity contribution is 0.627. The molecule has 0 fully saturated rings. The molecule has 5 heteroatoms. The molecule has 2 heterocycles. The molecule has 22 heavy (non-hydrogen) atoms. The van der Waals surface area contributed by atoms with Crippen LogP contribution in [0.1, 0.15) is 5.69 Å². The van der Waals surface area contributed by atoms with E-state index in [0.717, 1.165) is 22.1 Å². The molecule has 0 saturated heterocycles. The van der Waals surface area contributed by atoms with Crippen molar-refractivity contribution < 1.29 is 4.39 Å². The number of hydrogen-bond donors (Lipinski definition) is 1. The first kappa shape index (κ1) is 12.8. The summed E-state index contributed by atoms with van der Waals surface area (Å²) in [5.74, 6) is -0.306. The van der Waals surface area contributed by atoms with E-state index < -0.39 is 0 Å². The minimum Gasteiger partial charge on any atom is -0.321 e. The number of aromatic nitrogens is 3. The number of nitrogens with zero attached hydrogens (tertiary/aromatic N) is 2. The van der Waals surface area contributed by atoms with Gasteiger partial charge in [-0.1, -0.05) is 18.2 Å². The van der Waals surface area contributed by atoms with Crippen LogP contribution in [-0.2, 0) is 0 Å². The maximum atomic E-state index is 13.2. The molecule has 1 N–H and O–H groups in total. The number of hydrogen-bond acceptors (Lipinski definition) is 2. The monoisotopic (exact) mass is 293 g/mol. The van der Waals surface area contributed by atoms with E-state index in [2.05, 4.69) is 10.1 Å². The van der Waals surface area contributed by atoms with E-state index in [-0.39, 0.29) is 11.4 Å². The van der Waals surface area contributed by atoms with Crippen molar-refractivity contribution in [1.29, 1.82) is 0 Å². The SMILES string of the molecule is Cc1nn(-c2ccc(F)cc2)c2c1c(=O)[nH]c1ccccc12. The molecule has 0 aliphatic carbocycles. The molecule has 0 atom stereocenters. The van der Waals surface area contributed by atoms with Gasteiger partial charge in [-0.25, -0.2) is 9.07 Å². The van der Waals surface area contributed by atoms with Crippen LogP contribution >= 0.6 is 0 Å². The van der Waals surface area contributed by atoms with E-state index in [1.54, 1.807) is 23.7 Å². The van der Waals surface area contributed by atoms with Crippen molar-refractivity contribution >= 4 is 21.8 Å². The van der Waals surface area contributed by atoms with E-state index in [0.29, 0.717) is 11.1 Å².